The van der Waals surface area contributed by atoms with Gasteiger partial charge in [0.1, 0.15) is 17.7 Å². The molecule has 1 unspecified atom stereocenters. The van der Waals surface area contributed by atoms with Gasteiger partial charge < -0.3 is 9.84 Å². The molecule has 2 rings (SSSR count). The molecule has 118 valence electrons. The zero-order chi connectivity index (χ0) is 15.8. The maximum Gasteiger partial charge on any atom is 0.134 e. The van der Waals surface area contributed by atoms with Crippen LogP contribution in [0.5, 0.6) is 0 Å². The first kappa shape index (κ1) is 16.4. The number of methoxy groups -OCH3 is 1. The molecule has 0 radical (unpaired) electrons. The first-order chi connectivity index (χ1) is 9.72. The number of aliphatic hydroxyl groups is 1. The second-order valence-corrected chi connectivity index (χ2v) is 6.93. The summed E-state index contributed by atoms with van der Waals surface area (Å²) in [6.07, 6.45) is 1.59. The molecule has 21 heavy (non-hydrogen) atoms. The molecule has 0 bridgehead atoms. The van der Waals surface area contributed by atoms with Crippen molar-refractivity contribution in [2.75, 3.05) is 7.11 Å². The second kappa shape index (κ2) is 5.65. The molecule has 0 spiro atoms. The van der Waals surface area contributed by atoms with Crippen LogP contribution in [0.3, 0.4) is 0 Å². The zero-order valence-electron chi connectivity index (χ0n) is 13.2. The molecule has 0 aliphatic heterocycles. The summed E-state index contributed by atoms with van der Waals surface area (Å²) >= 11 is 0. The van der Waals surface area contributed by atoms with Gasteiger partial charge in [-0.1, -0.05) is 19.9 Å². The van der Waals surface area contributed by atoms with E-state index < -0.39 is 23.3 Å². The van der Waals surface area contributed by atoms with Gasteiger partial charge in [-0.3, -0.25) is 0 Å². The molecule has 0 heterocycles. The minimum absolute atomic E-state index is 0.172. The van der Waals surface area contributed by atoms with Crippen molar-refractivity contribution in [2.45, 2.75) is 58.2 Å². The third-order valence-corrected chi connectivity index (χ3v) is 4.95. The SMILES string of the molecule is COC1(C(O)c2c(F)ccc(C)c2F)CCC(C)(C)CC1. The highest BCUT2D eigenvalue weighted by Crippen LogP contribution is 2.48. The monoisotopic (exact) mass is 298 g/mol. The lowest BCUT2D eigenvalue weighted by Gasteiger charge is -2.45. The predicted octanol–water partition coefficient (Wildman–Crippen LogP) is 4.29. The summed E-state index contributed by atoms with van der Waals surface area (Å²) in [5, 5.41) is 10.6. The normalized spacial score (nSPS) is 22.0. The van der Waals surface area contributed by atoms with Crippen LogP contribution in [0.25, 0.3) is 0 Å². The summed E-state index contributed by atoms with van der Waals surface area (Å²) in [4.78, 5) is 0. The number of benzene rings is 1. The van der Waals surface area contributed by atoms with Crippen LogP contribution in [0.15, 0.2) is 12.1 Å². The van der Waals surface area contributed by atoms with Gasteiger partial charge in [0.25, 0.3) is 0 Å². The topological polar surface area (TPSA) is 29.5 Å². The Balaban J connectivity index is 2.38. The number of hydrogen-bond donors (Lipinski definition) is 1. The molecule has 1 saturated carbocycles. The standard InChI is InChI=1S/C17H24F2O2/c1-11-5-6-12(18)13(14(11)19)15(20)17(21-4)9-7-16(2,3)8-10-17/h5-6,15,20H,7-10H2,1-4H3. The summed E-state index contributed by atoms with van der Waals surface area (Å²) < 4.78 is 33.9. The molecule has 1 aliphatic carbocycles. The fourth-order valence-corrected chi connectivity index (χ4v) is 3.13. The molecule has 1 N–H and O–H groups in total. The van der Waals surface area contributed by atoms with Crippen molar-refractivity contribution in [1.29, 1.82) is 0 Å². The molecule has 1 aliphatic rings. The van der Waals surface area contributed by atoms with E-state index in [1.165, 1.54) is 19.2 Å². The Morgan fingerprint density at radius 1 is 1.14 bits per heavy atom. The van der Waals surface area contributed by atoms with Gasteiger partial charge in [-0.2, -0.15) is 0 Å². The highest BCUT2D eigenvalue weighted by molar-refractivity contribution is 5.30. The van der Waals surface area contributed by atoms with E-state index in [-0.39, 0.29) is 11.0 Å². The van der Waals surface area contributed by atoms with Crippen molar-refractivity contribution >= 4 is 0 Å². The van der Waals surface area contributed by atoms with Gasteiger partial charge in [-0.05, 0) is 49.7 Å². The third kappa shape index (κ3) is 2.97. The molecule has 0 saturated heterocycles. The van der Waals surface area contributed by atoms with E-state index in [0.717, 1.165) is 12.8 Å². The second-order valence-electron chi connectivity index (χ2n) is 6.93. The van der Waals surface area contributed by atoms with Crippen molar-refractivity contribution in [3.63, 3.8) is 0 Å². The van der Waals surface area contributed by atoms with Crippen LogP contribution in [0.4, 0.5) is 8.78 Å². The van der Waals surface area contributed by atoms with Crippen molar-refractivity contribution in [1.82, 2.24) is 0 Å². The lowest BCUT2D eigenvalue weighted by atomic mass is 9.68. The van der Waals surface area contributed by atoms with Crippen LogP contribution < -0.4 is 0 Å². The summed E-state index contributed by atoms with van der Waals surface area (Å²) in [5.41, 5.74) is -0.680. The molecule has 0 amide bonds. The Labute approximate surface area is 125 Å². The summed E-state index contributed by atoms with van der Waals surface area (Å²) in [6, 6.07) is 2.58. The number of aliphatic hydroxyl groups excluding tert-OH is 1. The van der Waals surface area contributed by atoms with E-state index in [1.54, 1.807) is 6.92 Å². The quantitative estimate of drug-likeness (QED) is 0.902. The van der Waals surface area contributed by atoms with Crippen LogP contribution in [-0.2, 0) is 4.74 Å². The molecule has 2 nitrogen and oxygen atoms in total. The van der Waals surface area contributed by atoms with Crippen LogP contribution in [0.1, 0.15) is 56.8 Å². The Morgan fingerprint density at radius 3 is 2.24 bits per heavy atom. The van der Waals surface area contributed by atoms with Gasteiger partial charge in [-0.15, -0.1) is 0 Å². The highest BCUT2D eigenvalue weighted by atomic mass is 19.1. The first-order valence-corrected chi connectivity index (χ1v) is 7.40. The number of aryl methyl sites for hydroxylation is 1. The van der Waals surface area contributed by atoms with Gasteiger partial charge in [-0.25, -0.2) is 8.78 Å². The minimum Gasteiger partial charge on any atom is -0.385 e. The van der Waals surface area contributed by atoms with Crippen molar-refractivity contribution in [3.8, 4) is 0 Å². The van der Waals surface area contributed by atoms with E-state index in [9.17, 15) is 13.9 Å². The molecular weight excluding hydrogens is 274 g/mol. The van der Waals surface area contributed by atoms with Gasteiger partial charge >= 0.3 is 0 Å². The zero-order valence-corrected chi connectivity index (χ0v) is 13.2. The van der Waals surface area contributed by atoms with Crippen molar-refractivity contribution in [2.24, 2.45) is 5.41 Å². The molecular formula is C17H24F2O2. The summed E-state index contributed by atoms with van der Waals surface area (Å²) in [5.74, 6) is -1.39. The largest absolute Gasteiger partial charge is 0.385 e. The van der Waals surface area contributed by atoms with Crippen LogP contribution in [-0.4, -0.2) is 17.8 Å². The Morgan fingerprint density at radius 2 is 1.71 bits per heavy atom. The average Bonchev–Trinajstić information content (AvgIpc) is 2.44. The van der Waals surface area contributed by atoms with Crippen LogP contribution in [0, 0.1) is 24.0 Å². The Hall–Kier alpha value is -1.00. The molecule has 1 fully saturated rings. The van der Waals surface area contributed by atoms with Gasteiger partial charge in [0.05, 0.1) is 11.2 Å². The maximum atomic E-state index is 14.3. The van der Waals surface area contributed by atoms with E-state index >= 15 is 0 Å². The average molecular weight is 298 g/mol. The molecule has 1 aromatic carbocycles. The minimum atomic E-state index is -1.29. The summed E-state index contributed by atoms with van der Waals surface area (Å²) in [7, 11) is 1.51. The maximum absolute atomic E-state index is 14.3. The van der Waals surface area contributed by atoms with E-state index in [0.29, 0.717) is 18.4 Å². The van der Waals surface area contributed by atoms with Crippen molar-refractivity contribution < 1.29 is 18.6 Å². The van der Waals surface area contributed by atoms with Crippen molar-refractivity contribution in [3.05, 3.63) is 34.9 Å². The van der Waals surface area contributed by atoms with Gasteiger partial charge in [0.15, 0.2) is 0 Å². The van der Waals surface area contributed by atoms with Crippen LogP contribution in [0.2, 0.25) is 0 Å². The lowest BCUT2D eigenvalue weighted by Crippen LogP contribution is -2.44. The molecule has 4 heteroatoms. The fraction of sp³-hybridized carbons (Fsp3) is 0.647. The smallest absolute Gasteiger partial charge is 0.134 e. The van der Waals surface area contributed by atoms with Crippen LogP contribution >= 0.6 is 0 Å². The fourth-order valence-electron chi connectivity index (χ4n) is 3.13. The van der Waals surface area contributed by atoms with E-state index in [4.69, 9.17) is 4.74 Å². The first-order valence-electron chi connectivity index (χ1n) is 7.40. The number of ether oxygens (including phenoxy) is 1. The Kier molecular flexibility index (Phi) is 4.41. The highest BCUT2D eigenvalue weighted by Gasteiger charge is 2.46. The Bertz CT molecular complexity index is 516. The summed E-state index contributed by atoms with van der Waals surface area (Å²) in [6.45, 7) is 5.88. The number of hydrogen-bond acceptors (Lipinski definition) is 2. The predicted molar refractivity (Wildman–Crippen MR) is 78.0 cm³/mol. The molecule has 1 atom stereocenters. The van der Waals surface area contributed by atoms with Gasteiger partial charge in [0, 0.05) is 7.11 Å². The molecule has 1 aromatic rings. The number of halogens is 2. The van der Waals surface area contributed by atoms with Gasteiger partial charge in [0.2, 0.25) is 0 Å². The van der Waals surface area contributed by atoms with E-state index in [2.05, 4.69) is 13.8 Å². The van der Waals surface area contributed by atoms with E-state index in [1.807, 2.05) is 0 Å². The number of rotatable bonds is 3. The lowest BCUT2D eigenvalue weighted by molar-refractivity contribution is -0.140. The third-order valence-electron chi connectivity index (χ3n) is 4.95. The molecule has 0 aromatic heterocycles.